The van der Waals surface area contributed by atoms with E-state index in [1.807, 2.05) is 38.5 Å². The van der Waals surface area contributed by atoms with Crippen molar-refractivity contribution in [1.82, 2.24) is 9.88 Å². The van der Waals surface area contributed by atoms with Crippen LogP contribution in [0.3, 0.4) is 0 Å². The zero-order valence-corrected chi connectivity index (χ0v) is 17.0. The maximum atomic E-state index is 11.7. The maximum absolute atomic E-state index is 11.7. The number of aromatic nitrogens is 1. The monoisotopic (exact) mass is 389 g/mol. The van der Waals surface area contributed by atoms with Crippen molar-refractivity contribution in [3.63, 3.8) is 0 Å². The first kappa shape index (κ1) is 19.4. The molecule has 5 nitrogen and oxygen atoms in total. The van der Waals surface area contributed by atoms with E-state index in [0.717, 1.165) is 36.0 Å². The van der Waals surface area contributed by atoms with Crippen LogP contribution in [0.15, 0.2) is 60.8 Å². The Morgan fingerprint density at radius 3 is 2.62 bits per heavy atom. The molecule has 5 heteroatoms. The molecule has 3 aromatic rings. The third-order valence-corrected chi connectivity index (χ3v) is 5.87. The highest BCUT2D eigenvalue weighted by atomic mass is 16.4. The summed E-state index contributed by atoms with van der Waals surface area (Å²) >= 11 is 0. The highest BCUT2D eigenvalue weighted by Crippen LogP contribution is 2.36. The second-order valence-corrected chi connectivity index (χ2v) is 7.98. The number of benzene rings is 2. The number of nitrogens with zero attached hydrogens (tertiary/aromatic N) is 3. The summed E-state index contributed by atoms with van der Waals surface area (Å²) < 4.78 is 0. The molecular weight excluding hydrogens is 362 g/mol. The van der Waals surface area contributed by atoms with Gasteiger partial charge in [0.15, 0.2) is 0 Å². The number of carboxylic acids is 1. The van der Waals surface area contributed by atoms with Crippen molar-refractivity contribution in [3.8, 4) is 0 Å². The van der Waals surface area contributed by atoms with Gasteiger partial charge >= 0.3 is 5.97 Å². The summed E-state index contributed by atoms with van der Waals surface area (Å²) in [4.78, 5) is 20.6. The third-order valence-electron chi connectivity index (χ3n) is 5.87. The number of pyridine rings is 1. The molecule has 29 heavy (non-hydrogen) atoms. The van der Waals surface area contributed by atoms with Crippen LogP contribution in [0.2, 0.25) is 0 Å². The van der Waals surface area contributed by atoms with Crippen LogP contribution < -0.4 is 4.90 Å². The molecule has 1 aliphatic heterocycles. The molecular formula is C24H27N3O2. The van der Waals surface area contributed by atoms with Crippen LogP contribution in [0.4, 0.5) is 5.69 Å². The molecule has 150 valence electrons. The molecule has 2 heterocycles. The fraction of sp³-hybridized carbons (Fsp3) is 0.333. The number of fused-ring (bicyclic) bond motifs is 1. The Labute approximate surface area is 171 Å². The van der Waals surface area contributed by atoms with Crippen LogP contribution in [-0.4, -0.2) is 48.1 Å². The smallest absolute Gasteiger partial charge is 0.307 e. The minimum atomic E-state index is -0.698. The Kier molecular flexibility index (Phi) is 5.49. The lowest BCUT2D eigenvalue weighted by atomic mass is 9.90. The first-order valence-corrected chi connectivity index (χ1v) is 10.1. The third kappa shape index (κ3) is 3.96. The molecule has 0 aliphatic carbocycles. The summed E-state index contributed by atoms with van der Waals surface area (Å²) in [5.41, 5.74) is 4.47. The van der Waals surface area contributed by atoms with Crippen molar-refractivity contribution >= 4 is 22.6 Å². The molecule has 0 amide bonds. The summed E-state index contributed by atoms with van der Waals surface area (Å²) in [6, 6.07) is 18.8. The fourth-order valence-corrected chi connectivity index (χ4v) is 4.34. The molecule has 1 aliphatic rings. The lowest BCUT2D eigenvalue weighted by molar-refractivity contribution is -0.143. The van der Waals surface area contributed by atoms with Gasteiger partial charge in [-0.05, 0) is 54.8 Å². The van der Waals surface area contributed by atoms with Crippen molar-refractivity contribution in [3.05, 3.63) is 71.9 Å². The number of anilines is 1. The number of aliphatic carboxylic acids is 1. The number of carboxylic acid groups (broad SMARTS) is 1. The van der Waals surface area contributed by atoms with E-state index < -0.39 is 5.97 Å². The van der Waals surface area contributed by atoms with Gasteiger partial charge in [-0.25, -0.2) is 0 Å². The minimum Gasteiger partial charge on any atom is -0.481 e. The highest BCUT2D eigenvalue weighted by molar-refractivity contribution is 5.83. The highest BCUT2D eigenvalue weighted by Gasteiger charge is 2.32. The summed E-state index contributed by atoms with van der Waals surface area (Å²) in [5, 5.41) is 10.7. The van der Waals surface area contributed by atoms with E-state index in [0.29, 0.717) is 6.54 Å². The van der Waals surface area contributed by atoms with Gasteiger partial charge in [-0.1, -0.05) is 30.3 Å². The Bertz CT molecular complexity index is 995. The van der Waals surface area contributed by atoms with Crippen LogP contribution in [0, 0.1) is 5.92 Å². The van der Waals surface area contributed by atoms with Crippen LogP contribution in [-0.2, 0) is 4.79 Å². The van der Waals surface area contributed by atoms with Gasteiger partial charge < -0.3 is 10.0 Å². The first-order valence-electron chi connectivity index (χ1n) is 10.1. The second kappa shape index (κ2) is 8.21. The molecule has 2 unspecified atom stereocenters. The average Bonchev–Trinajstić information content (AvgIpc) is 2.75. The lowest BCUT2D eigenvalue weighted by Crippen LogP contribution is -2.41. The van der Waals surface area contributed by atoms with Crippen LogP contribution in [0.5, 0.6) is 0 Å². The predicted octanol–water partition coefficient (Wildman–Crippen LogP) is 4.19. The Hall–Kier alpha value is -2.92. The van der Waals surface area contributed by atoms with Gasteiger partial charge in [-0.3, -0.25) is 14.7 Å². The lowest BCUT2D eigenvalue weighted by Gasteiger charge is -2.38. The molecule has 1 saturated heterocycles. The summed E-state index contributed by atoms with van der Waals surface area (Å²) in [5.74, 6) is -1.02. The number of hydrogen-bond donors (Lipinski definition) is 1. The van der Waals surface area contributed by atoms with E-state index in [-0.39, 0.29) is 12.0 Å². The van der Waals surface area contributed by atoms with E-state index in [1.54, 1.807) is 0 Å². The molecule has 1 aromatic heterocycles. The molecule has 4 rings (SSSR count). The van der Waals surface area contributed by atoms with Crippen molar-refractivity contribution in [2.45, 2.75) is 18.9 Å². The van der Waals surface area contributed by atoms with Crippen molar-refractivity contribution in [2.75, 3.05) is 32.1 Å². The Morgan fingerprint density at radius 1 is 1.14 bits per heavy atom. The number of piperidine rings is 1. The largest absolute Gasteiger partial charge is 0.481 e. The van der Waals surface area contributed by atoms with E-state index in [9.17, 15) is 9.90 Å². The Morgan fingerprint density at radius 2 is 1.90 bits per heavy atom. The topological polar surface area (TPSA) is 56.7 Å². The summed E-state index contributed by atoms with van der Waals surface area (Å²) in [6.45, 7) is 1.45. The molecule has 0 spiro atoms. The van der Waals surface area contributed by atoms with Crippen molar-refractivity contribution in [1.29, 1.82) is 0 Å². The van der Waals surface area contributed by atoms with E-state index in [1.165, 1.54) is 11.1 Å². The summed E-state index contributed by atoms with van der Waals surface area (Å²) in [6.07, 6.45) is 3.50. The van der Waals surface area contributed by atoms with Crippen LogP contribution in [0.1, 0.15) is 30.0 Å². The molecule has 1 N–H and O–H groups in total. The zero-order chi connectivity index (χ0) is 20.4. The van der Waals surface area contributed by atoms with E-state index in [4.69, 9.17) is 0 Å². The SMILES string of the molecule is CN(C)c1ccc(C(c2ccnc3ccccc23)N2CCCC(C(=O)O)C2)cc1. The van der Waals surface area contributed by atoms with Gasteiger partial charge in [-0.2, -0.15) is 0 Å². The van der Waals surface area contributed by atoms with Gasteiger partial charge in [-0.15, -0.1) is 0 Å². The molecule has 2 atom stereocenters. The number of para-hydroxylation sites is 1. The normalized spacial score (nSPS) is 18.5. The minimum absolute atomic E-state index is 0.00117. The van der Waals surface area contributed by atoms with Crippen molar-refractivity contribution in [2.24, 2.45) is 5.92 Å². The molecule has 2 aromatic carbocycles. The standard InChI is InChI=1S/C24H27N3O2/c1-26(2)19-11-9-17(10-12-19)23(27-15-5-6-18(16-27)24(28)29)21-13-14-25-22-8-4-3-7-20(21)22/h3-4,7-14,18,23H,5-6,15-16H2,1-2H3,(H,28,29). The average molecular weight is 389 g/mol. The Balaban J connectivity index is 1.81. The molecule has 1 fully saturated rings. The fourth-order valence-electron chi connectivity index (χ4n) is 4.34. The second-order valence-electron chi connectivity index (χ2n) is 7.98. The number of rotatable bonds is 5. The summed E-state index contributed by atoms with van der Waals surface area (Å²) in [7, 11) is 4.07. The first-order chi connectivity index (χ1) is 14.0. The van der Waals surface area contributed by atoms with Crippen LogP contribution >= 0.6 is 0 Å². The van der Waals surface area contributed by atoms with Gasteiger partial charge in [0, 0.05) is 37.9 Å². The molecule has 0 bridgehead atoms. The van der Waals surface area contributed by atoms with Gasteiger partial charge in [0.1, 0.15) is 0 Å². The van der Waals surface area contributed by atoms with E-state index >= 15 is 0 Å². The maximum Gasteiger partial charge on any atom is 0.307 e. The number of hydrogen-bond acceptors (Lipinski definition) is 4. The van der Waals surface area contributed by atoms with Crippen molar-refractivity contribution < 1.29 is 9.90 Å². The van der Waals surface area contributed by atoms with Gasteiger partial charge in [0.25, 0.3) is 0 Å². The molecule has 0 radical (unpaired) electrons. The van der Waals surface area contributed by atoms with E-state index in [2.05, 4.69) is 51.2 Å². The zero-order valence-electron chi connectivity index (χ0n) is 17.0. The number of carbonyl (C=O) groups is 1. The van der Waals surface area contributed by atoms with Gasteiger partial charge in [0.2, 0.25) is 0 Å². The quantitative estimate of drug-likeness (QED) is 0.709. The number of likely N-dealkylation sites (tertiary alicyclic amines) is 1. The molecule has 0 saturated carbocycles. The van der Waals surface area contributed by atoms with Gasteiger partial charge in [0.05, 0.1) is 17.5 Å². The van der Waals surface area contributed by atoms with Crippen LogP contribution in [0.25, 0.3) is 10.9 Å². The predicted molar refractivity (Wildman–Crippen MR) is 116 cm³/mol.